The Morgan fingerprint density at radius 3 is 1.90 bits per heavy atom. The first-order valence-corrected chi connectivity index (χ1v) is 9.45. The second kappa shape index (κ2) is 9.71. The fourth-order valence-electron chi connectivity index (χ4n) is 2.60. The summed E-state index contributed by atoms with van der Waals surface area (Å²) < 4.78 is 5.15. The molecule has 1 unspecified atom stereocenters. The van der Waals surface area contributed by atoms with E-state index < -0.39 is 17.3 Å². The zero-order chi connectivity index (χ0) is 20.6. The van der Waals surface area contributed by atoms with E-state index in [-0.39, 0.29) is 12.4 Å². The minimum absolute atomic E-state index is 0.100. The topological polar surface area (TPSA) is 72.5 Å². The van der Waals surface area contributed by atoms with E-state index in [0.717, 1.165) is 5.56 Å². The van der Waals surface area contributed by atoms with E-state index in [1.807, 2.05) is 36.4 Å². The van der Waals surface area contributed by atoms with E-state index >= 15 is 0 Å². The van der Waals surface area contributed by atoms with Gasteiger partial charge in [-0.3, -0.25) is 9.59 Å². The van der Waals surface area contributed by atoms with Crippen molar-refractivity contribution in [2.45, 2.75) is 12.0 Å². The molecule has 5 nitrogen and oxygen atoms in total. The molecule has 3 rings (SSSR count). The second-order valence-electron chi connectivity index (χ2n) is 6.24. The summed E-state index contributed by atoms with van der Waals surface area (Å²) in [5, 5.41) is 1.38. The highest BCUT2D eigenvalue weighted by Gasteiger charge is 2.19. The van der Waals surface area contributed by atoms with E-state index in [9.17, 15) is 14.4 Å². The van der Waals surface area contributed by atoms with Gasteiger partial charge in [-0.1, -0.05) is 72.8 Å². The van der Waals surface area contributed by atoms with Crippen LogP contribution < -0.4 is 5.32 Å². The van der Waals surface area contributed by atoms with Crippen LogP contribution in [0, 0.1) is 0 Å². The van der Waals surface area contributed by atoms with Crippen LogP contribution in [0.4, 0.5) is 0 Å². The zero-order valence-corrected chi connectivity index (χ0v) is 16.3. The lowest BCUT2D eigenvalue weighted by atomic mass is 10.0. The molecular weight excluding hydrogens is 386 g/mol. The van der Waals surface area contributed by atoms with Crippen molar-refractivity contribution in [2.75, 3.05) is 0 Å². The van der Waals surface area contributed by atoms with Gasteiger partial charge in [0.25, 0.3) is 5.91 Å². The summed E-state index contributed by atoms with van der Waals surface area (Å²) in [5.41, 5.74) is 2.19. The average Bonchev–Trinajstić information content (AvgIpc) is 2.78. The van der Waals surface area contributed by atoms with Gasteiger partial charge in [0.2, 0.25) is 0 Å². The van der Waals surface area contributed by atoms with E-state index in [0.29, 0.717) is 16.7 Å². The van der Waals surface area contributed by atoms with Crippen molar-refractivity contribution in [3.05, 3.63) is 107 Å². The number of rotatable bonds is 7. The Morgan fingerprint density at radius 1 is 0.759 bits per heavy atom. The third-order valence-electron chi connectivity index (χ3n) is 4.16. The van der Waals surface area contributed by atoms with Crippen LogP contribution in [0.1, 0.15) is 31.8 Å². The molecule has 0 saturated carbocycles. The lowest BCUT2D eigenvalue weighted by molar-refractivity contribution is -0.144. The SMILES string of the molecule is O=C(NC(S)C(=O)OCc1ccccc1)c1ccc(C(=O)c2ccccc2)cc1. The van der Waals surface area contributed by atoms with Crippen molar-refractivity contribution in [3.8, 4) is 0 Å². The van der Waals surface area contributed by atoms with Gasteiger partial charge >= 0.3 is 5.97 Å². The quantitative estimate of drug-likeness (QED) is 0.272. The summed E-state index contributed by atoms with van der Waals surface area (Å²) in [6.07, 6.45) is 0. The molecule has 0 aromatic heterocycles. The van der Waals surface area contributed by atoms with Crippen molar-refractivity contribution in [1.29, 1.82) is 0 Å². The molecule has 0 aliphatic heterocycles. The van der Waals surface area contributed by atoms with Gasteiger partial charge < -0.3 is 10.1 Å². The Kier molecular flexibility index (Phi) is 6.81. The fraction of sp³-hybridized carbons (Fsp3) is 0.0870. The van der Waals surface area contributed by atoms with Crippen LogP contribution in [0.3, 0.4) is 0 Å². The van der Waals surface area contributed by atoms with E-state index in [2.05, 4.69) is 17.9 Å². The van der Waals surface area contributed by atoms with Gasteiger partial charge in [-0.2, -0.15) is 0 Å². The first-order valence-electron chi connectivity index (χ1n) is 8.94. The molecule has 0 fully saturated rings. The minimum Gasteiger partial charge on any atom is -0.459 e. The van der Waals surface area contributed by atoms with Crippen molar-refractivity contribution >= 4 is 30.3 Å². The molecular formula is C23H19NO4S. The van der Waals surface area contributed by atoms with Gasteiger partial charge in [-0.05, 0) is 17.7 Å². The summed E-state index contributed by atoms with van der Waals surface area (Å²) in [4.78, 5) is 36.8. The molecule has 146 valence electrons. The number of ketones is 1. The highest BCUT2D eigenvalue weighted by molar-refractivity contribution is 7.81. The molecule has 0 spiro atoms. The van der Waals surface area contributed by atoms with E-state index in [4.69, 9.17) is 4.74 Å². The summed E-state index contributed by atoms with van der Waals surface area (Å²) in [6, 6.07) is 24.3. The fourth-order valence-corrected chi connectivity index (χ4v) is 2.80. The summed E-state index contributed by atoms with van der Waals surface area (Å²) in [6.45, 7) is 0.100. The monoisotopic (exact) mass is 405 g/mol. The van der Waals surface area contributed by atoms with Crippen molar-refractivity contribution in [1.82, 2.24) is 5.32 Å². The lowest BCUT2D eigenvalue weighted by Gasteiger charge is -2.13. The van der Waals surface area contributed by atoms with Crippen LogP contribution in [0.25, 0.3) is 0 Å². The van der Waals surface area contributed by atoms with Gasteiger partial charge in [-0.25, -0.2) is 4.79 Å². The maximum absolute atomic E-state index is 12.4. The molecule has 6 heteroatoms. The molecule has 0 saturated heterocycles. The predicted octanol–water partition coefficient (Wildman–Crippen LogP) is 3.65. The third kappa shape index (κ3) is 5.56. The first-order chi connectivity index (χ1) is 14.0. The van der Waals surface area contributed by atoms with Crippen molar-refractivity contribution in [3.63, 3.8) is 0 Å². The average molecular weight is 405 g/mol. The number of thiol groups is 1. The van der Waals surface area contributed by atoms with Crippen LogP contribution in [-0.2, 0) is 16.1 Å². The Balaban J connectivity index is 1.56. The molecule has 3 aromatic carbocycles. The zero-order valence-electron chi connectivity index (χ0n) is 15.4. The maximum Gasteiger partial charge on any atom is 0.339 e. The Morgan fingerprint density at radius 2 is 1.28 bits per heavy atom. The predicted molar refractivity (Wildman–Crippen MR) is 113 cm³/mol. The van der Waals surface area contributed by atoms with Crippen LogP contribution in [-0.4, -0.2) is 23.0 Å². The molecule has 0 aliphatic rings. The van der Waals surface area contributed by atoms with Gasteiger partial charge in [0.15, 0.2) is 11.2 Å². The highest BCUT2D eigenvalue weighted by atomic mass is 32.1. The Bertz CT molecular complexity index is 988. The summed E-state index contributed by atoms with van der Waals surface area (Å²) in [7, 11) is 0. The van der Waals surface area contributed by atoms with E-state index in [1.54, 1.807) is 36.4 Å². The largest absolute Gasteiger partial charge is 0.459 e. The lowest BCUT2D eigenvalue weighted by Crippen LogP contribution is -2.37. The second-order valence-corrected chi connectivity index (χ2v) is 6.76. The number of carbonyl (C=O) groups is 3. The van der Waals surface area contributed by atoms with Gasteiger partial charge in [-0.15, -0.1) is 12.6 Å². The first kappa shape index (κ1) is 20.4. The van der Waals surface area contributed by atoms with Gasteiger partial charge in [0.1, 0.15) is 6.61 Å². The number of benzene rings is 3. The number of nitrogens with one attached hydrogen (secondary N) is 1. The van der Waals surface area contributed by atoms with Crippen LogP contribution in [0.5, 0.6) is 0 Å². The molecule has 0 heterocycles. The van der Waals surface area contributed by atoms with E-state index in [1.165, 1.54) is 12.1 Å². The summed E-state index contributed by atoms with van der Waals surface area (Å²) >= 11 is 4.10. The Hall–Kier alpha value is -3.38. The maximum atomic E-state index is 12.4. The van der Waals surface area contributed by atoms with Gasteiger partial charge in [0, 0.05) is 16.7 Å². The number of hydrogen-bond donors (Lipinski definition) is 2. The summed E-state index contributed by atoms with van der Waals surface area (Å²) in [5.74, 6) is -1.27. The number of hydrogen-bond acceptors (Lipinski definition) is 5. The number of carbonyl (C=O) groups excluding carboxylic acids is 3. The highest BCUT2D eigenvalue weighted by Crippen LogP contribution is 2.12. The smallest absolute Gasteiger partial charge is 0.339 e. The number of esters is 1. The Labute approximate surface area is 174 Å². The third-order valence-corrected chi connectivity index (χ3v) is 4.50. The molecule has 1 atom stereocenters. The molecule has 0 bridgehead atoms. The molecule has 29 heavy (non-hydrogen) atoms. The van der Waals surface area contributed by atoms with Crippen LogP contribution in [0.2, 0.25) is 0 Å². The van der Waals surface area contributed by atoms with Gasteiger partial charge in [0.05, 0.1) is 0 Å². The van der Waals surface area contributed by atoms with Crippen molar-refractivity contribution in [2.24, 2.45) is 0 Å². The molecule has 3 aromatic rings. The standard InChI is InChI=1S/C23H19NO4S/c25-20(17-9-5-2-6-10-17)18-11-13-19(14-12-18)21(26)24-22(29)23(27)28-15-16-7-3-1-4-8-16/h1-14,22,29H,15H2,(H,24,26). The minimum atomic E-state index is -1.10. The normalized spacial score (nSPS) is 11.3. The molecule has 0 aliphatic carbocycles. The molecule has 0 radical (unpaired) electrons. The number of amides is 1. The van der Waals surface area contributed by atoms with Crippen LogP contribution >= 0.6 is 12.6 Å². The molecule has 1 amide bonds. The number of ether oxygens (including phenoxy) is 1. The molecule has 1 N–H and O–H groups in total. The van der Waals surface area contributed by atoms with Crippen molar-refractivity contribution < 1.29 is 19.1 Å². The van der Waals surface area contributed by atoms with Crippen LogP contribution in [0.15, 0.2) is 84.9 Å².